The Kier molecular flexibility index (Phi) is 6.67. The molecule has 1 aliphatic rings. The quantitative estimate of drug-likeness (QED) is 0.521. The van der Waals surface area contributed by atoms with Crippen molar-refractivity contribution >= 4 is 11.9 Å². The molecule has 1 fully saturated rings. The van der Waals surface area contributed by atoms with Crippen LogP contribution in [0.2, 0.25) is 0 Å². The smallest absolute Gasteiger partial charge is 0.317 e. The molecule has 18 heavy (non-hydrogen) atoms. The minimum Gasteiger partial charge on any atom is -0.465 e. The van der Waals surface area contributed by atoms with E-state index in [4.69, 9.17) is 18.9 Å². The van der Waals surface area contributed by atoms with Crippen LogP contribution in [0.4, 0.5) is 0 Å². The normalized spacial score (nSPS) is 16.6. The van der Waals surface area contributed by atoms with Crippen LogP contribution in [0.1, 0.15) is 26.7 Å². The minimum atomic E-state index is -0.608. The van der Waals surface area contributed by atoms with Crippen LogP contribution < -0.4 is 0 Å². The predicted molar refractivity (Wildman–Crippen MR) is 61.7 cm³/mol. The summed E-state index contributed by atoms with van der Waals surface area (Å²) in [6.45, 7) is 5.21. The van der Waals surface area contributed by atoms with Gasteiger partial charge in [0, 0.05) is 0 Å². The van der Waals surface area contributed by atoms with E-state index in [2.05, 4.69) is 0 Å². The number of hydrogen-bond acceptors (Lipinski definition) is 6. The number of carbonyl (C=O) groups excluding carboxylic acids is 2. The standard InChI is InChI=1S/C12H20O6/c1-9(2)3-4-17-11(13)5-12(14)18-10-6-15-8-16-7-10/h9-10H,3-8H2,1-2H3. The van der Waals surface area contributed by atoms with Crippen molar-refractivity contribution in [2.75, 3.05) is 26.6 Å². The molecule has 0 N–H and O–H groups in total. The minimum absolute atomic E-state index is 0.214. The molecule has 0 aliphatic carbocycles. The third-order valence-electron chi connectivity index (χ3n) is 2.32. The predicted octanol–water partition coefficient (Wildman–Crippen LogP) is 0.882. The molecule has 0 unspecified atom stereocenters. The SMILES string of the molecule is CC(C)CCOC(=O)CC(=O)OC1COCOC1. The van der Waals surface area contributed by atoms with Gasteiger partial charge < -0.3 is 18.9 Å². The van der Waals surface area contributed by atoms with Crippen molar-refractivity contribution in [3.63, 3.8) is 0 Å². The van der Waals surface area contributed by atoms with Crippen LogP contribution in [-0.2, 0) is 28.5 Å². The fourth-order valence-corrected chi connectivity index (χ4v) is 1.34. The Bertz CT molecular complexity index is 270. The summed E-state index contributed by atoms with van der Waals surface area (Å²) >= 11 is 0. The van der Waals surface area contributed by atoms with E-state index in [0.29, 0.717) is 25.7 Å². The lowest BCUT2D eigenvalue weighted by Gasteiger charge is -2.22. The van der Waals surface area contributed by atoms with Crippen LogP contribution in [0, 0.1) is 5.92 Å². The van der Waals surface area contributed by atoms with E-state index >= 15 is 0 Å². The summed E-state index contributed by atoms with van der Waals surface area (Å²) in [6.07, 6.45) is -0.0191. The molecule has 0 aromatic carbocycles. The van der Waals surface area contributed by atoms with Crippen molar-refractivity contribution in [1.29, 1.82) is 0 Å². The molecule has 1 heterocycles. The van der Waals surface area contributed by atoms with Gasteiger partial charge in [-0.2, -0.15) is 0 Å². The van der Waals surface area contributed by atoms with Gasteiger partial charge in [0.2, 0.25) is 0 Å². The molecule has 104 valence electrons. The van der Waals surface area contributed by atoms with Crippen LogP contribution in [0.3, 0.4) is 0 Å². The largest absolute Gasteiger partial charge is 0.465 e. The zero-order chi connectivity index (χ0) is 13.4. The summed E-state index contributed by atoms with van der Waals surface area (Å²) in [5.74, 6) is -0.705. The number of carbonyl (C=O) groups is 2. The molecule has 0 spiro atoms. The lowest BCUT2D eigenvalue weighted by molar-refractivity contribution is -0.184. The van der Waals surface area contributed by atoms with Crippen molar-refractivity contribution in [2.45, 2.75) is 32.8 Å². The number of rotatable bonds is 6. The summed E-state index contributed by atoms with van der Waals surface area (Å²) in [5.41, 5.74) is 0. The molecule has 0 saturated carbocycles. The van der Waals surface area contributed by atoms with Gasteiger partial charge in [-0.1, -0.05) is 13.8 Å². The number of hydrogen-bond donors (Lipinski definition) is 0. The topological polar surface area (TPSA) is 71.1 Å². The van der Waals surface area contributed by atoms with Crippen LogP contribution in [0.25, 0.3) is 0 Å². The Hall–Kier alpha value is -1.14. The first kappa shape index (κ1) is 14.9. The fraction of sp³-hybridized carbons (Fsp3) is 0.833. The maximum absolute atomic E-state index is 11.4. The molecule has 0 aromatic heterocycles. The summed E-state index contributed by atoms with van der Waals surface area (Å²) in [5, 5.41) is 0. The molecule has 0 radical (unpaired) electrons. The van der Waals surface area contributed by atoms with Gasteiger partial charge in [-0.05, 0) is 12.3 Å². The van der Waals surface area contributed by atoms with Gasteiger partial charge in [-0.3, -0.25) is 9.59 Å². The average molecular weight is 260 g/mol. The first-order valence-electron chi connectivity index (χ1n) is 6.08. The van der Waals surface area contributed by atoms with Crippen molar-refractivity contribution < 1.29 is 28.5 Å². The lowest BCUT2D eigenvalue weighted by atomic mass is 10.1. The molecule has 1 aliphatic heterocycles. The van der Waals surface area contributed by atoms with Gasteiger partial charge in [0.15, 0.2) is 0 Å². The summed E-state index contributed by atoms with van der Waals surface area (Å²) in [4.78, 5) is 22.7. The second-order valence-electron chi connectivity index (χ2n) is 4.55. The van der Waals surface area contributed by atoms with Crippen molar-refractivity contribution in [3.8, 4) is 0 Å². The number of ether oxygens (including phenoxy) is 4. The highest BCUT2D eigenvalue weighted by Gasteiger charge is 2.21. The van der Waals surface area contributed by atoms with Gasteiger partial charge in [-0.25, -0.2) is 0 Å². The molecule has 0 amide bonds. The molecular weight excluding hydrogens is 240 g/mol. The maximum Gasteiger partial charge on any atom is 0.317 e. The van der Waals surface area contributed by atoms with Crippen molar-refractivity contribution in [1.82, 2.24) is 0 Å². The Morgan fingerprint density at radius 2 is 1.89 bits per heavy atom. The first-order chi connectivity index (χ1) is 8.58. The summed E-state index contributed by atoms with van der Waals surface area (Å²) in [7, 11) is 0. The molecule has 0 atom stereocenters. The summed E-state index contributed by atoms with van der Waals surface area (Å²) < 4.78 is 19.8. The van der Waals surface area contributed by atoms with Crippen LogP contribution in [0.5, 0.6) is 0 Å². The van der Waals surface area contributed by atoms with Crippen LogP contribution >= 0.6 is 0 Å². The Morgan fingerprint density at radius 3 is 2.50 bits per heavy atom. The monoisotopic (exact) mass is 260 g/mol. The molecule has 6 nitrogen and oxygen atoms in total. The van der Waals surface area contributed by atoms with E-state index in [0.717, 1.165) is 6.42 Å². The Balaban J connectivity index is 2.12. The van der Waals surface area contributed by atoms with E-state index in [1.807, 2.05) is 13.8 Å². The molecule has 6 heteroatoms. The second kappa shape index (κ2) is 8.05. The van der Waals surface area contributed by atoms with Crippen LogP contribution in [-0.4, -0.2) is 44.7 Å². The molecule has 0 bridgehead atoms. The summed E-state index contributed by atoms with van der Waals surface area (Å²) in [6, 6.07) is 0. The maximum atomic E-state index is 11.4. The fourth-order valence-electron chi connectivity index (χ4n) is 1.34. The van der Waals surface area contributed by atoms with Crippen molar-refractivity contribution in [3.05, 3.63) is 0 Å². The van der Waals surface area contributed by atoms with E-state index in [-0.39, 0.29) is 13.2 Å². The highest BCUT2D eigenvalue weighted by molar-refractivity contribution is 5.91. The van der Waals surface area contributed by atoms with Crippen LogP contribution in [0.15, 0.2) is 0 Å². The highest BCUT2D eigenvalue weighted by atomic mass is 16.7. The first-order valence-corrected chi connectivity index (χ1v) is 6.08. The third kappa shape index (κ3) is 6.56. The molecular formula is C12H20O6. The van der Waals surface area contributed by atoms with E-state index in [1.165, 1.54) is 0 Å². The second-order valence-corrected chi connectivity index (χ2v) is 4.55. The van der Waals surface area contributed by atoms with Crippen molar-refractivity contribution in [2.24, 2.45) is 5.92 Å². The third-order valence-corrected chi connectivity index (χ3v) is 2.32. The van der Waals surface area contributed by atoms with Gasteiger partial charge in [0.05, 0.1) is 19.8 Å². The lowest BCUT2D eigenvalue weighted by Crippen LogP contribution is -2.34. The van der Waals surface area contributed by atoms with E-state index in [9.17, 15) is 9.59 Å². The number of esters is 2. The average Bonchev–Trinajstić information content (AvgIpc) is 2.29. The highest BCUT2D eigenvalue weighted by Crippen LogP contribution is 2.04. The molecule has 0 aromatic rings. The molecule has 1 saturated heterocycles. The van der Waals surface area contributed by atoms with Gasteiger partial charge in [0.25, 0.3) is 0 Å². The molecule has 1 rings (SSSR count). The van der Waals surface area contributed by atoms with Gasteiger partial charge in [-0.15, -0.1) is 0 Å². The Labute approximate surface area is 107 Å². The van der Waals surface area contributed by atoms with Gasteiger partial charge in [0.1, 0.15) is 19.3 Å². The van der Waals surface area contributed by atoms with E-state index < -0.39 is 18.0 Å². The zero-order valence-electron chi connectivity index (χ0n) is 10.8. The van der Waals surface area contributed by atoms with Gasteiger partial charge >= 0.3 is 11.9 Å². The van der Waals surface area contributed by atoms with E-state index in [1.54, 1.807) is 0 Å². The Morgan fingerprint density at radius 1 is 1.22 bits per heavy atom. The zero-order valence-corrected chi connectivity index (χ0v) is 10.8.